The number of ether oxygens (including phenoxy) is 2. The fraction of sp³-hybridized carbons (Fsp3) is 0.333. The van der Waals surface area contributed by atoms with Crippen molar-refractivity contribution >= 4 is 23.3 Å². The Balaban J connectivity index is 1.68. The molecular weight excluding hydrogens is 336 g/mol. The van der Waals surface area contributed by atoms with Gasteiger partial charge in [-0.15, -0.1) is 0 Å². The third-order valence-electron chi connectivity index (χ3n) is 4.05. The monoisotopic (exact) mass is 356 g/mol. The van der Waals surface area contributed by atoms with Crippen LogP contribution in [0.1, 0.15) is 13.3 Å². The Morgan fingerprint density at radius 2 is 2.19 bits per heavy atom. The number of nitrogens with zero attached hydrogens (tertiary/aromatic N) is 3. The molecule has 0 radical (unpaired) electrons. The van der Waals surface area contributed by atoms with Gasteiger partial charge in [0, 0.05) is 30.8 Å². The van der Waals surface area contributed by atoms with E-state index in [1.54, 1.807) is 30.2 Å². The summed E-state index contributed by atoms with van der Waals surface area (Å²) in [5.41, 5.74) is 0.713. The summed E-state index contributed by atoms with van der Waals surface area (Å²) >= 11 is 0. The van der Waals surface area contributed by atoms with E-state index in [-0.39, 0.29) is 18.2 Å². The van der Waals surface area contributed by atoms with Crippen molar-refractivity contribution < 1.29 is 19.1 Å². The van der Waals surface area contributed by atoms with Crippen molar-refractivity contribution in [3.8, 4) is 11.6 Å². The van der Waals surface area contributed by atoms with Gasteiger partial charge in [0.1, 0.15) is 17.9 Å². The Hall–Kier alpha value is -3.16. The molecule has 8 nitrogen and oxygen atoms in total. The third-order valence-corrected chi connectivity index (χ3v) is 4.05. The molecule has 136 valence electrons. The predicted octanol–water partition coefficient (Wildman–Crippen LogP) is 1.88. The van der Waals surface area contributed by atoms with Gasteiger partial charge in [0.05, 0.1) is 19.6 Å². The van der Waals surface area contributed by atoms with E-state index in [1.807, 2.05) is 19.1 Å². The Labute approximate surface area is 151 Å². The molecule has 0 aliphatic carbocycles. The van der Waals surface area contributed by atoms with Crippen molar-refractivity contribution in [3.63, 3.8) is 0 Å². The van der Waals surface area contributed by atoms with Gasteiger partial charge in [-0.1, -0.05) is 6.07 Å². The maximum Gasteiger partial charge on any atom is 0.230 e. The molecule has 3 rings (SSSR count). The van der Waals surface area contributed by atoms with Crippen molar-refractivity contribution in [3.05, 3.63) is 36.7 Å². The lowest BCUT2D eigenvalue weighted by molar-refractivity contribution is -0.122. The van der Waals surface area contributed by atoms with Gasteiger partial charge in [-0.2, -0.15) is 0 Å². The molecule has 1 aliphatic rings. The summed E-state index contributed by atoms with van der Waals surface area (Å²) in [5, 5.41) is 2.72. The van der Waals surface area contributed by atoms with Gasteiger partial charge in [0.2, 0.25) is 17.7 Å². The average Bonchev–Trinajstić information content (AvgIpc) is 3.04. The zero-order chi connectivity index (χ0) is 18.5. The summed E-state index contributed by atoms with van der Waals surface area (Å²) in [6.45, 7) is 2.62. The van der Waals surface area contributed by atoms with Gasteiger partial charge in [-0.05, 0) is 19.1 Å². The van der Waals surface area contributed by atoms with Crippen LogP contribution >= 0.6 is 0 Å². The van der Waals surface area contributed by atoms with Crippen LogP contribution in [0.5, 0.6) is 11.6 Å². The molecular formula is C18H20N4O4. The number of anilines is 2. The van der Waals surface area contributed by atoms with Crippen LogP contribution in [0.3, 0.4) is 0 Å². The maximum atomic E-state index is 12.5. The Morgan fingerprint density at radius 3 is 2.96 bits per heavy atom. The quantitative estimate of drug-likeness (QED) is 0.849. The molecule has 2 amide bonds. The minimum atomic E-state index is -0.459. The second-order valence-electron chi connectivity index (χ2n) is 5.77. The lowest BCUT2D eigenvalue weighted by atomic mass is 10.1. The largest absolute Gasteiger partial charge is 0.497 e. The zero-order valence-corrected chi connectivity index (χ0v) is 14.6. The molecule has 0 unspecified atom stereocenters. The van der Waals surface area contributed by atoms with E-state index in [2.05, 4.69) is 15.3 Å². The molecule has 1 N–H and O–H groups in total. The average molecular weight is 356 g/mol. The number of carbonyl (C=O) groups excluding carboxylic acids is 2. The number of methoxy groups -OCH3 is 1. The van der Waals surface area contributed by atoms with Crippen LogP contribution in [0.4, 0.5) is 11.5 Å². The Bertz CT molecular complexity index is 811. The van der Waals surface area contributed by atoms with Crippen LogP contribution in [0.2, 0.25) is 0 Å². The van der Waals surface area contributed by atoms with Crippen LogP contribution < -0.4 is 19.7 Å². The molecule has 1 fully saturated rings. The standard InChI is InChI=1S/C18H20N4O4/c1-3-26-16-9-15(19-11-20-16)21-18(24)12-7-17(23)22(10-12)13-5-4-6-14(8-13)25-2/h4-6,8-9,11-12H,3,7,10H2,1-2H3,(H,19,20,21,24)/t12-/m1/s1. The highest BCUT2D eigenvalue weighted by Crippen LogP contribution is 2.28. The normalized spacial score (nSPS) is 16.5. The number of hydrogen-bond acceptors (Lipinski definition) is 6. The number of rotatable bonds is 6. The van der Waals surface area contributed by atoms with E-state index in [9.17, 15) is 9.59 Å². The van der Waals surface area contributed by atoms with E-state index in [0.29, 0.717) is 36.3 Å². The summed E-state index contributed by atoms with van der Waals surface area (Å²) in [7, 11) is 1.57. The third kappa shape index (κ3) is 3.90. The van der Waals surface area contributed by atoms with Crippen molar-refractivity contribution in [2.45, 2.75) is 13.3 Å². The maximum absolute atomic E-state index is 12.5. The van der Waals surface area contributed by atoms with E-state index in [4.69, 9.17) is 9.47 Å². The highest BCUT2D eigenvalue weighted by molar-refractivity contribution is 6.03. The minimum Gasteiger partial charge on any atom is -0.497 e. The van der Waals surface area contributed by atoms with Crippen LogP contribution in [-0.4, -0.2) is 42.0 Å². The number of aromatic nitrogens is 2. The number of benzene rings is 1. The molecule has 0 saturated carbocycles. The molecule has 1 aliphatic heterocycles. The first-order valence-electron chi connectivity index (χ1n) is 8.31. The van der Waals surface area contributed by atoms with Crippen LogP contribution in [-0.2, 0) is 9.59 Å². The fourth-order valence-corrected chi connectivity index (χ4v) is 2.77. The van der Waals surface area contributed by atoms with Crippen LogP contribution in [0, 0.1) is 5.92 Å². The first-order valence-corrected chi connectivity index (χ1v) is 8.31. The summed E-state index contributed by atoms with van der Waals surface area (Å²) in [5.74, 6) is 0.576. The van der Waals surface area contributed by atoms with Gasteiger partial charge >= 0.3 is 0 Å². The summed E-state index contributed by atoms with van der Waals surface area (Å²) in [6.07, 6.45) is 1.47. The van der Waals surface area contributed by atoms with Crippen LogP contribution in [0.15, 0.2) is 36.7 Å². The number of amides is 2. The summed E-state index contributed by atoms with van der Waals surface area (Å²) < 4.78 is 10.5. The predicted molar refractivity (Wildman–Crippen MR) is 95.3 cm³/mol. The zero-order valence-electron chi connectivity index (χ0n) is 14.6. The van der Waals surface area contributed by atoms with Crippen molar-refractivity contribution in [2.24, 2.45) is 5.92 Å². The molecule has 0 bridgehead atoms. The molecule has 1 atom stereocenters. The first kappa shape index (κ1) is 17.7. The smallest absolute Gasteiger partial charge is 0.230 e. The SMILES string of the molecule is CCOc1cc(NC(=O)[C@@H]2CC(=O)N(c3cccc(OC)c3)C2)ncn1. The van der Waals surface area contributed by atoms with E-state index < -0.39 is 5.92 Å². The van der Waals surface area contributed by atoms with Crippen molar-refractivity contribution in [1.29, 1.82) is 0 Å². The van der Waals surface area contributed by atoms with Gasteiger partial charge in [0.25, 0.3) is 0 Å². The molecule has 8 heteroatoms. The van der Waals surface area contributed by atoms with Crippen LogP contribution in [0.25, 0.3) is 0 Å². The molecule has 2 aromatic rings. The number of hydrogen-bond donors (Lipinski definition) is 1. The van der Waals surface area contributed by atoms with Gasteiger partial charge in [0.15, 0.2) is 0 Å². The second kappa shape index (κ2) is 7.81. The van der Waals surface area contributed by atoms with E-state index in [1.165, 1.54) is 6.33 Å². The Morgan fingerprint density at radius 1 is 1.35 bits per heavy atom. The van der Waals surface area contributed by atoms with Gasteiger partial charge in [-0.3, -0.25) is 9.59 Å². The molecule has 1 saturated heterocycles. The number of carbonyl (C=O) groups is 2. The Kier molecular flexibility index (Phi) is 5.31. The lowest BCUT2D eigenvalue weighted by Gasteiger charge is -2.17. The van der Waals surface area contributed by atoms with E-state index >= 15 is 0 Å². The number of nitrogens with one attached hydrogen (secondary N) is 1. The molecule has 1 aromatic carbocycles. The van der Waals surface area contributed by atoms with Gasteiger partial charge < -0.3 is 19.7 Å². The first-order chi connectivity index (χ1) is 12.6. The second-order valence-corrected chi connectivity index (χ2v) is 5.77. The topological polar surface area (TPSA) is 93.7 Å². The van der Waals surface area contributed by atoms with Gasteiger partial charge in [-0.25, -0.2) is 9.97 Å². The van der Waals surface area contributed by atoms with E-state index in [0.717, 1.165) is 0 Å². The lowest BCUT2D eigenvalue weighted by Crippen LogP contribution is -2.28. The molecule has 2 heterocycles. The highest BCUT2D eigenvalue weighted by atomic mass is 16.5. The highest BCUT2D eigenvalue weighted by Gasteiger charge is 2.35. The van der Waals surface area contributed by atoms with Crippen molar-refractivity contribution in [1.82, 2.24) is 9.97 Å². The minimum absolute atomic E-state index is 0.101. The summed E-state index contributed by atoms with van der Waals surface area (Å²) in [6, 6.07) is 8.76. The summed E-state index contributed by atoms with van der Waals surface area (Å²) in [4.78, 5) is 34.4. The molecule has 26 heavy (non-hydrogen) atoms. The van der Waals surface area contributed by atoms with Crippen molar-refractivity contribution in [2.75, 3.05) is 30.5 Å². The molecule has 0 spiro atoms. The molecule has 1 aromatic heterocycles. The fourth-order valence-electron chi connectivity index (χ4n) is 2.77.